The number of hydrogen-bond acceptors (Lipinski definition) is 7. The summed E-state index contributed by atoms with van der Waals surface area (Å²) in [5, 5.41) is 13.2. The maximum absolute atomic E-state index is 14.1. The summed E-state index contributed by atoms with van der Waals surface area (Å²) in [5.74, 6) is -0.882. The third-order valence-corrected chi connectivity index (χ3v) is 7.10. The summed E-state index contributed by atoms with van der Waals surface area (Å²) in [6, 6.07) is 11.8. The van der Waals surface area contributed by atoms with Crippen LogP contribution in [-0.4, -0.2) is 38.7 Å². The van der Waals surface area contributed by atoms with Gasteiger partial charge in [0.25, 0.3) is 0 Å². The van der Waals surface area contributed by atoms with E-state index in [0.29, 0.717) is 24.1 Å². The van der Waals surface area contributed by atoms with E-state index in [1.54, 1.807) is 24.0 Å². The molecule has 0 saturated carbocycles. The molecule has 0 spiro atoms. The van der Waals surface area contributed by atoms with Crippen LogP contribution in [0.5, 0.6) is 17.2 Å². The molecular weight excluding hydrogens is 579 g/mol. The zero-order chi connectivity index (χ0) is 30.5. The minimum Gasteiger partial charge on any atom is -0.484 e. The van der Waals surface area contributed by atoms with E-state index in [-0.39, 0.29) is 52.8 Å². The van der Waals surface area contributed by atoms with Crippen molar-refractivity contribution >= 4 is 11.8 Å². The summed E-state index contributed by atoms with van der Waals surface area (Å²) in [6.07, 6.45) is -5.77. The first-order chi connectivity index (χ1) is 20.4. The van der Waals surface area contributed by atoms with E-state index < -0.39 is 30.2 Å². The number of hydrogen-bond donors (Lipinski definition) is 1. The molecule has 2 aromatic heterocycles. The van der Waals surface area contributed by atoms with Crippen LogP contribution in [0.25, 0.3) is 5.69 Å². The molecular formula is C29H23F5N4O5. The standard InChI is InChI=1S/C29H23F5N4O5/c1-16(19-8-9-23-24(11-19)43-29(33,34)42-23)41-21-12-20(13-35-14-21)38-26-22(25(36-38)28(30,31)32)3-2-10-37(26)15-17-4-6-18(7-5-17)27(39)40/h4-9,11-14,16H,2-3,10,15H2,1H3,(H,39,40)/t16-/m0/s1. The van der Waals surface area contributed by atoms with Gasteiger partial charge < -0.3 is 24.2 Å². The maximum Gasteiger partial charge on any atom is 0.586 e. The van der Waals surface area contributed by atoms with Crippen LogP contribution < -0.4 is 19.1 Å². The number of carboxylic acids is 1. The Labute approximate surface area is 241 Å². The molecule has 4 aromatic rings. The molecule has 14 heteroatoms. The normalized spacial score (nSPS) is 16.1. The molecule has 43 heavy (non-hydrogen) atoms. The summed E-state index contributed by atoms with van der Waals surface area (Å²) < 4.78 is 85.3. The predicted molar refractivity (Wildman–Crippen MR) is 141 cm³/mol. The van der Waals surface area contributed by atoms with Gasteiger partial charge in [0.2, 0.25) is 0 Å². The van der Waals surface area contributed by atoms with Crippen LogP contribution in [0, 0.1) is 0 Å². The Hall–Kier alpha value is -4.88. The van der Waals surface area contributed by atoms with Crippen molar-refractivity contribution < 1.29 is 46.1 Å². The van der Waals surface area contributed by atoms with Crippen LogP contribution in [0.2, 0.25) is 0 Å². The minimum absolute atomic E-state index is 0.0535. The van der Waals surface area contributed by atoms with Gasteiger partial charge in [-0.2, -0.15) is 18.3 Å². The van der Waals surface area contributed by atoms with Gasteiger partial charge in [0.05, 0.1) is 23.6 Å². The van der Waals surface area contributed by atoms with E-state index in [2.05, 4.69) is 19.6 Å². The fourth-order valence-corrected chi connectivity index (χ4v) is 5.16. The predicted octanol–water partition coefficient (Wildman–Crippen LogP) is 6.40. The van der Waals surface area contributed by atoms with E-state index in [0.717, 1.165) is 0 Å². The fourth-order valence-electron chi connectivity index (χ4n) is 5.16. The highest BCUT2D eigenvalue weighted by Crippen LogP contribution is 2.43. The first kappa shape index (κ1) is 28.2. The van der Waals surface area contributed by atoms with Crippen molar-refractivity contribution in [2.75, 3.05) is 11.4 Å². The van der Waals surface area contributed by atoms with E-state index in [4.69, 9.17) is 4.74 Å². The minimum atomic E-state index is -4.70. The van der Waals surface area contributed by atoms with Gasteiger partial charge >= 0.3 is 18.4 Å². The van der Waals surface area contributed by atoms with Gasteiger partial charge in [-0.1, -0.05) is 18.2 Å². The van der Waals surface area contributed by atoms with Crippen LogP contribution in [0.3, 0.4) is 0 Å². The molecule has 1 N–H and O–H groups in total. The van der Waals surface area contributed by atoms with Crippen LogP contribution in [0.15, 0.2) is 60.9 Å². The molecule has 0 saturated heterocycles. The second-order valence-corrected chi connectivity index (χ2v) is 10.1. The fraction of sp³-hybridized carbons (Fsp3) is 0.276. The van der Waals surface area contributed by atoms with Crippen molar-refractivity contribution in [2.45, 2.75) is 44.9 Å². The van der Waals surface area contributed by atoms with Gasteiger partial charge in [-0.3, -0.25) is 4.98 Å². The molecule has 4 heterocycles. The van der Waals surface area contributed by atoms with E-state index in [9.17, 15) is 31.9 Å². The number of anilines is 1. The number of benzene rings is 2. The van der Waals surface area contributed by atoms with Gasteiger partial charge in [-0.25, -0.2) is 9.48 Å². The first-order valence-corrected chi connectivity index (χ1v) is 13.2. The number of ether oxygens (including phenoxy) is 3. The summed E-state index contributed by atoms with van der Waals surface area (Å²) in [5.41, 5.74) is 0.576. The van der Waals surface area contributed by atoms with Crippen molar-refractivity contribution in [3.8, 4) is 22.9 Å². The van der Waals surface area contributed by atoms with Gasteiger partial charge in [0, 0.05) is 24.7 Å². The van der Waals surface area contributed by atoms with E-state index in [1.807, 2.05) is 0 Å². The third kappa shape index (κ3) is 5.64. The summed E-state index contributed by atoms with van der Waals surface area (Å²) >= 11 is 0. The first-order valence-electron chi connectivity index (χ1n) is 13.2. The number of alkyl halides is 5. The SMILES string of the molecule is C[C@H](Oc1cncc(-n2nc(C(F)(F)F)c3c2N(Cc2ccc(C(=O)O)cc2)CCC3)c1)c1ccc2c(c1)OC(F)(F)O2. The average Bonchev–Trinajstić information content (AvgIpc) is 3.50. The molecule has 2 aliphatic heterocycles. The van der Waals surface area contributed by atoms with Crippen LogP contribution >= 0.6 is 0 Å². The Kier molecular flexibility index (Phi) is 6.86. The summed E-state index contributed by atoms with van der Waals surface area (Å²) in [7, 11) is 0. The van der Waals surface area contributed by atoms with Crippen LogP contribution in [0.1, 0.15) is 52.2 Å². The number of nitrogens with zero attached hydrogens (tertiary/aromatic N) is 4. The Morgan fingerprint density at radius 2 is 1.84 bits per heavy atom. The van der Waals surface area contributed by atoms with Gasteiger partial charge in [0.15, 0.2) is 17.2 Å². The molecule has 0 bridgehead atoms. The Morgan fingerprint density at radius 1 is 1.09 bits per heavy atom. The van der Waals surface area contributed by atoms with Crippen molar-refractivity contribution in [1.82, 2.24) is 14.8 Å². The number of aromatic carboxylic acids is 1. The third-order valence-electron chi connectivity index (χ3n) is 7.10. The zero-order valence-corrected chi connectivity index (χ0v) is 22.4. The number of halogens is 5. The smallest absolute Gasteiger partial charge is 0.484 e. The summed E-state index contributed by atoms with van der Waals surface area (Å²) in [4.78, 5) is 17.2. The Balaban J connectivity index is 1.31. The van der Waals surface area contributed by atoms with E-state index in [1.165, 1.54) is 53.5 Å². The second kappa shape index (κ2) is 10.4. The molecule has 0 fully saturated rings. The molecule has 6 rings (SSSR count). The number of fused-ring (bicyclic) bond motifs is 2. The quantitative estimate of drug-likeness (QED) is 0.243. The lowest BCUT2D eigenvalue weighted by Gasteiger charge is -2.30. The van der Waals surface area contributed by atoms with Crippen LogP contribution in [-0.2, 0) is 19.1 Å². The molecule has 9 nitrogen and oxygen atoms in total. The molecule has 224 valence electrons. The van der Waals surface area contributed by atoms with Crippen LogP contribution in [0.4, 0.5) is 27.8 Å². The molecule has 1 atom stereocenters. The molecule has 2 aromatic carbocycles. The second-order valence-electron chi connectivity index (χ2n) is 10.1. The van der Waals surface area contributed by atoms with Crippen molar-refractivity contribution in [3.05, 3.63) is 88.9 Å². The van der Waals surface area contributed by atoms with E-state index >= 15 is 0 Å². The highest BCUT2D eigenvalue weighted by atomic mass is 19.4. The number of rotatable bonds is 7. The van der Waals surface area contributed by atoms with Crippen molar-refractivity contribution in [1.29, 1.82) is 0 Å². The monoisotopic (exact) mass is 602 g/mol. The lowest BCUT2D eigenvalue weighted by atomic mass is 10.0. The van der Waals surface area contributed by atoms with Crippen molar-refractivity contribution in [2.24, 2.45) is 0 Å². The lowest BCUT2D eigenvalue weighted by molar-refractivity contribution is -0.286. The average molecular weight is 603 g/mol. The topological polar surface area (TPSA) is 98.9 Å². The zero-order valence-electron chi connectivity index (χ0n) is 22.4. The highest BCUT2D eigenvalue weighted by Gasteiger charge is 2.44. The highest BCUT2D eigenvalue weighted by molar-refractivity contribution is 5.87. The van der Waals surface area contributed by atoms with Gasteiger partial charge in [-0.05, 0) is 55.2 Å². The number of aromatic nitrogens is 3. The molecule has 0 amide bonds. The molecule has 0 radical (unpaired) electrons. The largest absolute Gasteiger partial charge is 0.586 e. The Bertz CT molecular complexity index is 1690. The van der Waals surface area contributed by atoms with Crippen molar-refractivity contribution in [3.63, 3.8) is 0 Å². The maximum atomic E-state index is 14.1. The molecule has 0 unspecified atom stereocenters. The number of pyridine rings is 1. The lowest BCUT2D eigenvalue weighted by Crippen LogP contribution is -2.31. The number of carbonyl (C=O) groups is 1. The summed E-state index contributed by atoms with van der Waals surface area (Å²) in [6.45, 7) is 2.33. The molecule has 0 aliphatic carbocycles. The molecule has 2 aliphatic rings. The van der Waals surface area contributed by atoms with Gasteiger partial charge in [-0.15, -0.1) is 8.78 Å². The number of carboxylic acid groups (broad SMARTS) is 1. The Morgan fingerprint density at radius 3 is 2.56 bits per heavy atom. The van der Waals surface area contributed by atoms with Gasteiger partial charge in [0.1, 0.15) is 17.7 Å².